The average Bonchev–Trinajstić information content (AvgIpc) is 2.24. The van der Waals surface area contributed by atoms with E-state index in [0.717, 1.165) is 25.5 Å². The molecule has 0 aromatic carbocycles. The second kappa shape index (κ2) is 4.93. The van der Waals surface area contributed by atoms with Crippen LogP contribution >= 0.6 is 11.6 Å². The number of nitrogens with zero attached hydrogens (tertiary/aromatic N) is 2. The van der Waals surface area contributed by atoms with Crippen LogP contribution in [0, 0.1) is 5.82 Å². The first kappa shape index (κ1) is 11.5. The van der Waals surface area contributed by atoms with Gasteiger partial charge in [0.15, 0.2) is 11.6 Å². The molecule has 0 radical (unpaired) electrons. The highest BCUT2D eigenvalue weighted by Gasteiger charge is 2.21. The SMILES string of the molecule is O[C@H]1CCC[C@H](Nc2nc(Cl)ncc2F)C1. The van der Waals surface area contributed by atoms with Gasteiger partial charge in [-0.2, -0.15) is 4.98 Å². The summed E-state index contributed by atoms with van der Waals surface area (Å²) in [5.41, 5.74) is 0. The number of aliphatic hydroxyl groups is 1. The van der Waals surface area contributed by atoms with Gasteiger partial charge >= 0.3 is 0 Å². The summed E-state index contributed by atoms with van der Waals surface area (Å²) in [7, 11) is 0. The van der Waals surface area contributed by atoms with Crippen LogP contribution in [0.25, 0.3) is 0 Å². The van der Waals surface area contributed by atoms with E-state index in [1.165, 1.54) is 0 Å². The largest absolute Gasteiger partial charge is 0.393 e. The number of hydrogen-bond donors (Lipinski definition) is 2. The first-order valence-electron chi connectivity index (χ1n) is 5.28. The minimum absolute atomic E-state index is 0.0141. The molecule has 1 fully saturated rings. The number of hydrogen-bond acceptors (Lipinski definition) is 4. The summed E-state index contributed by atoms with van der Waals surface area (Å²) in [5.74, 6) is -0.413. The second-order valence-corrected chi connectivity index (χ2v) is 4.34. The number of anilines is 1. The van der Waals surface area contributed by atoms with Crippen molar-refractivity contribution in [2.75, 3.05) is 5.32 Å². The van der Waals surface area contributed by atoms with E-state index in [4.69, 9.17) is 11.6 Å². The Morgan fingerprint density at radius 1 is 1.50 bits per heavy atom. The smallest absolute Gasteiger partial charge is 0.224 e. The van der Waals surface area contributed by atoms with E-state index in [2.05, 4.69) is 15.3 Å². The first-order valence-corrected chi connectivity index (χ1v) is 5.65. The van der Waals surface area contributed by atoms with Gasteiger partial charge in [-0.1, -0.05) is 0 Å². The maximum Gasteiger partial charge on any atom is 0.224 e. The fourth-order valence-corrected chi connectivity index (χ4v) is 2.07. The Morgan fingerprint density at radius 2 is 2.31 bits per heavy atom. The van der Waals surface area contributed by atoms with Crippen molar-refractivity contribution in [3.63, 3.8) is 0 Å². The van der Waals surface area contributed by atoms with Gasteiger partial charge in [0.25, 0.3) is 0 Å². The molecule has 2 atom stereocenters. The van der Waals surface area contributed by atoms with Gasteiger partial charge in [-0.15, -0.1) is 0 Å². The van der Waals surface area contributed by atoms with Gasteiger partial charge < -0.3 is 10.4 Å². The van der Waals surface area contributed by atoms with Crippen LogP contribution in [0.2, 0.25) is 5.28 Å². The second-order valence-electron chi connectivity index (χ2n) is 4.00. The topological polar surface area (TPSA) is 58.0 Å². The molecule has 6 heteroatoms. The molecule has 2 rings (SSSR count). The normalized spacial score (nSPS) is 25.4. The van der Waals surface area contributed by atoms with Crippen LogP contribution in [-0.4, -0.2) is 27.2 Å². The maximum absolute atomic E-state index is 13.3. The van der Waals surface area contributed by atoms with Crippen molar-refractivity contribution in [1.29, 1.82) is 0 Å². The fraction of sp³-hybridized carbons (Fsp3) is 0.600. The Balaban J connectivity index is 2.05. The molecule has 1 aliphatic rings. The Labute approximate surface area is 97.9 Å². The van der Waals surface area contributed by atoms with Crippen molar-refractivity contribution in [2.45, 2.75) is 37.8 Å². The quantitative estimate of drug-likeness (QED) is 0.783. The number of rotatable bonds is 2. The molecule has 1 aliphatic carbocycles. The average molecular weight is 246 g/mol. The highest BCUT2D eigenvalue weighted by Crippen LogP contribution is 2.22. The van der Waals surface area contributed by atoms with Gasteiger partial charge in [-0.05, 0) is 37.3 Å². The zero-order chi connectivity index (χ0) is 11.5. The molecule has 4 nitrogen and oxygen atoms in total. The summed E-state index contributed by atoms with van der Waals surface area (Å²) < 4.78 is 13.3. The summed E-state index contributed by atoms with van der Waals surface area (Å²) in [6, 6.07) is 0.0456. The van der Waals surface area contributed by atoms with Gasteiger partial charge in [-0.25, -0.2) is 9.37 Å². The third kappa shape index (κ3) is 2.80. The standard InChI is InChI=1S/C10H13ClFN3O/c11-10-13-5-8(12)9(15-10)14-6-2-1-3-7(16)4-6/h5-7,16H,1-4H2,(H,13,14,15)/t6-,7-/m0/s1. The van der Waals surface area contributed by atoms with E-state index in [0.29, 0.717) is 6.42 Å². The van der Waals surface area contributed by atoms with Crippen molar-refractivity contribution in [3.05, 3.63) is 17.3 Å². The van der Waals surface area contributed by atoms with Crippen LogP contribution < -0.4 is 5.32 Å². The van der Waals surface area contributed by atoms with Gasteiger partial charge in [-0.3, -0.25) is 0 Å². The lowest BCUT2D eigenvalue weighted by Crippen LogP contribution is -2.30. The Kier molecular flexibility index (Phi) is 3.56. The molecular formula is C10H13ClFN3O. The predicted octanol–water partition coefficient (Wildman–Crippen LogP) is 1.98. The minimum atomic E-state index is -0.524. The Hall–Kier alpha value is -0.940. The Bertz CT molecular complexity index is 377. The van der Waals surface area contributed by atoms with Crippen molar-refractivity contribution < 1.29 is 9.50 Å². The summed E-state index contributed by atoms with van der Waals surface area (Å²) in [6.45, 7) is 0. The monoisotopic (exact) mass is 245 g/mol. The number of aliphatic hydroxyl groups excluding tert-OH is 1. The lowest BCUT2D eigenvalue weighted by atomic mass is 9.93. The fourth-order valence-electron chi connectivity index (χ4n) is 1.94. The zero-order valence-electron chi connectivity index (χ0n) is 8.66. The molecule has 1 aromatic heterocycles. The summed E-state index contributed by atoms with van der Waals surface area (Å²) in [5, 5.41) is 12.5. The van der Waals surface area contributed by atoms with Crippen LogP contribution in [0.4, 0.5) is 10.2 Å². The van der Waals surface area contributed by atoms with Crippen LogP contribution in [0.3, 0.4) is 0 Å². The molecule has 0 saturated heterocycles. The molecule has 88 valence electrons. The molecule has 0 unspecified atom stereocenters. The first-order chi connectivity index (χ1) is 7.65. The molecule has 1 saturated carbocycles. The van der Waals surface area contributed by atoms with Gasteiger partial charge in [0.1, 0.15) is 0 Å². The van der Waals surface area contributed by atoms with E-state index in [1.807, 2.05) is 0 Å². The van der Waals surface area contributed by atoms with E-state index in [9.17, 15) is 9.50 Å². The summed E-state index contributed by atoms with van der Waals surface area (Å²) in [4.78, 5) is 7.32. The summed E-state index contributed by atoms with van der Waals surface area (Å²) in [6.07, 6.45) is 3.98. The summed E-state index contributed by atoms with van der Waals surface area (Å²) >= 11 is 5.58. The van der Waals surface area contributed by atoms with Gasteiger partial charge in [0, 0.05) is 6.04 Å². The van der Waals surface area contributed by atoms with E-state index >= 15 is 0 Å². The van der Waals surface area contributed by atoms with Crippen molar-refractivity contribution >= 4 is 17.4 Å². The van der Waals surface area contributed by atoms with Crippen LogP contribution in [0.15, 0.2) is 6.20 Å². The molecule has 2 N–H and O–H groups in total. The van der Waals surface area contributed by atoms with Crippen molar-refractivity contribution in [1.82, 2.24) is 9.97 Å². The third-order valence-electron chi connectivity index (χ3n) is 2.70. The molecule has 0 bridgehead atoms. The van der Waals surface area contributed by atoms with Crippen LogP contribution in [0.5, 0.6) is 0 Å². The predicted molar refractivity (Wildman–Crippen MR) is 58.9 cm³/mol. The van der Waals surface area contributed by atoms with Gasteiger partial charge in [0.05, 0.1) is 12.3 Å². The lowest BCUT2D eigenvalue weighted by molar-refractivity contribution is 0.124. The molecule has 1 aromatic rings. The number of nitrogens with one attached hydrogen (secondary N) is 1. The number of aromatic nitrogens is 2. The maximum atomic E-state index is 13.3. The van der Waals surface area contributed by atoms with Crippen molar-refractivity contribution in [2.24, 2.45) is 0 Å². The molecule has 16 heavy (non-hydrogen) atoms. The molecular weight excluding hydrogens is 233 g/mol. The zero-order valence-corrected chi connectivity index (χ0v) is 9.41. The molecule has 0 spiro atoms. The molecule has 1 heterocycles. The van der Waals surface area contributed by atoms with Crippen molar-refractivity contribution in [3.8, 4) is 0 Å². The third-order valence-corrected chi connectivity index (χ3v) is 2.88. The van der Waals surface area contributed by atoms with E-state index in [1.54, 1.807) is 0 Å². The highest BCUT2D eigenvalue weighted by atomic mass is 35.5. The lowest BCUT2D eigenvalue weighted by Gasteiger charge is -2.27. The molecule has 0 amide bonds. The highest BCUT2D eigenvalue weighted by molar-refractivity contribution is 6.28. The Morgan fingerprint density at radius 3 is 3.06 bits per heavy atom. The molecule has 0 aliphatic heterocycles. The van der Waals surface area contributed by atoms with E-state index in [-0.39, 0.29) is 23.2 Å². The minimum Gasteiger partial charge on any atom is -0.393 e. The van der Waals surface area contributed by atoms with Gasteiger partial charge in [0.2, 0.25) is 5.28 Å². The number of halogens is 2. The van der Waals surface area contributed by atoms with Crippen LogP contribution in [0.1, 0.15) is 25.7 Å². The van der Waals surface area contributed by atoms with E-state index < -0.39 is 5.82 Å². The van der Waals surface area contributed by atoms with Crippen LogP contribution in [-0.2, 0) is 0 Å².